The minimum atomic E-state index is -1.02. The highest BCUT2D eigenvalue weighted by Crippen LogP contribution is 2.15. The molecule has 1 aliphatic rings. The molecule has 15 heavy (non-hydrogen) atoms. The molecular weight excluding hydrogens is 198 g/mol. The highest BCUT2D eigenvalue weighted by Gasteiger charge is 2.20. The van der Waals surface area contributed by atoms with Crippen molar-refractivity contribution in [2.45, 2.75) is 44.8 Å². The number of ether oxygens (including phenoxy) is 1. The van der Waals surface area contributed by atoms with E-state index in [9.17, 15) is 9.59 Å². The Balaban J connectivity index is 2.25. The Morgan fingerprint density at radius 3 is 2.80 bits per heavy atom. The normalized spacial score (nSPS) is 23.1. The van der Waals surface area contributed by atoms with Gasteiger partial charge in [0.1, 0.15) is 6.04 Å². The van der Waals surface area contributed by atoms with Gasteiger partial charge in [0.05, 0.1) is 12.5 Å². The third kappa shape index (κ3) is 4.29. The third-order valence-electron chi connectivity index (χ3n) is 2.43. The topological polar surface area (TPSA) is 75.6 Å². The predicted octanol–water partition coefficient (Wildman–Crippen LogP) is 0.535. The highest BCUT2D eigenvalue weighted by molar-refractivity contribution is 5.83. The summed E-state index contributed by atoms with van der Waals surface area (Å²) in [5, 5.41) is 11.0. The molecule has 1 rings (SSSR count). The Kier molecular flexibility index (Phi) is 4.55. The largest absolute Gasteiger partial charge is 0.480 e. The van der Waals surface area contributed by atoms with E-state index in [0.29, 0.717) is 6.61 Å². The van der Waals surface area contributed by atoms with Crippen LogP contribution in [0.25, 0.3) is 0 Å². The van der Waals surface area contributed by atoms with E-state index in [1.165, 1.54) is 6.92 Å². The zero-order valence-corrected chi connectivity index (χ0v) is 8.86. The first kappa shape index (κ1) is 12.0. The zero-order valence-electron chi connectivity index (χ0n) is 8.86. The number of carbonyl (C=O) groups is 2. The van der Waals surface area contributed by atoms with Crippen molar-refractivity contribution >= 4 is 11.9 Å². The van der Waals surface area contributed by atoms with E-state index in [2.05, 4.69) is 5.32 Å². The van der Waals surface area contributed by atoms with Gasteiger partial charge in [-0.2, -0.15) is 0 Å². The molecule has 2 atom stereocenters. The van der Waals surface area contributed by atoms with Gasteiger partial charge in [-0.3, -0.25) is 9.59 Å². The first-order valence-corrected chi connectivity index (χ1v) is 5.23. The van der Waals surface area contributed by atoms with E-state index < -0.39 is 12.0 Å². The van der Waals surface area contributed by atoms with Crippen LogP contribution in [0, 0.1) is 0 Å². The molecule has 0 aromatic carbocycles. The molecule has 86 valence electrons. The van der Waals surface area contributed by atoms with Gasteiger partial charge in [-0.25, -0.2) is 0 Å². The molecule has 1 amide bonds. The van der Waals surface area contributed by atoms with Crippen LogP contribution in [0.5, 0.6) is 0 Å². The fourth-order valence-electron chi connectivity index (χ4n) is 1.54. The zero-order chi connectivity index (χ0) is 11.3. The van der Waals surface area contributed by atoms with Gasteiger partial charge in [-0.05, 0) is 26.2 Å². The molecule has 0 radical (unpaired) electrons. The fraction of sp³-hybridized carbons (Fsp3) is 0.800. The van der Waals surface area contributed by atoms with Gasteiger partial charge in [0.25, 0.3) is 0 Å². The number of aliphatic carboxylic acids is 1. The number of nitrogens with one attached hydrogen (secondary N) is 1. The molecule has 5 nitrogen and oxygen atoms in total. The monoisotopic (exact) mass is 215 g/mol. The van der Waals surface area contributed by atoms with Crippen molar-refractivity contribution in [1.82, 2.24) is 5.32 Å². The molecular formula is C10H17NO4. The molecule has 5 heteroatoms. The Morgan fingerprint density at radius 1 is 1.53 bits per heavy atom. The standard InChI is InChI=1S/C10H17NO4/c1-7(10(13)14)11-9(12)6-8-4-2-3-5-15-8/h7-8H,2-6H2,1H3,(H,11,12)(H,13,14)/t7-,8?/m1/s1. The quantitative estimate of drug-likeness (QED) is 0.717. The number of amides is 1. The van der Waals surface area contributed by atoms with Gasteiger partial charge in [0.15, 0.2) is 0 Å². The van der Waals surface area contributed by atoms with Gasteiger partial charge in [-0.1, -0.05) is 0 Å². The molecule has 1 unspecified atom stereocenters. The number of hydrogen-bond acceptors (Lipinski definition) is 3. The molecule has 1 saturated heterocycles. The fourth-order valence-corrected chi connectivity index (χ4v) is 1.54. The molecule has 0 aromatic rings. The average molecular weight is 215 g/mol. The van der Waals surface area contributed by atoms with Crippen LogP contribution in [0.1, 0.15) is 32.6 Å². The molecule has 0 spiro atoms. The molecule has 1 aliphatic heterocycles. The summed E-state index contributed by atoms with van der Waals surface area (Å²) in [4.78, 5) is 21.9. The number of hydrogen-bond donors (Lipinski definition) is 2. The van der Waals surface area contributed by atoms with Gasteiger partial charge in [-0.15, -0.1) is 0 Å². The average Bonchev–Trinajstić information content (AvgIpc) is 2.18. The predicted molar refractivity (Wildman–Crippen MR) is 53.4 cm³/mol. The van der Waals surface area contributed by atoms with E-state index in [-0.39, 0.29) is 18.4 Å². The van der Waals surface area contributed by atoms with Gasteiger partial charge in [0, 0.05) is 6.61 Å². The first-order valence-electron chi connectivity index (χ1n) is 5.23. The SMILES string of the molecule is C[C@@H](NC(=O)CC1CCCCO1)C(=O)O. The van der Waals surface area contributed by atoms with Gasteiger partial charge in [0.2, 0.25) is 5.91 Å². The summed E-state index contributed by atoms with van der Waals surface area (Å²) in [6.07, 6.45) is 3.22. The summed E-state index contributed by atoms with van der Waals surface area (Å²) in [7, 11) is 0. The van der Waals surface area contributed by atoms with Crippen molar-refractivity contribution in [1.29, 1.82) is 0 Å². The smallest absolute Gasteiger partial charge is 0.325 e. The molecule has 0 saturated carbocycles. The second-order valence-electron chi connectivity index (χ2n) is 3.82. The Labute approximate surface area is 88.8 Å². The molecule has 1 heterocycles. The lowest BCUT2D eigenvalue weighted by atomic mass is 10.1. The summed E-state index contributed by atoms with van der Waals surface area (Å²) >= 11 is 0. The van der Waals surface area contributed by atoms with Crippen LogP contribution in [0.15, 0.2) is 0 Å². The number of carboxylic acid groups (broad SMARTS) is 1. The van der Waals surface area contributed by atoms with Crippen molar-refractivity contribution in [3.63, 3.8) is 0 Å². The van der Waals surface area contributed by atoms with Gasteiger partial charge < -0.3 is 15.2 Å². The van der Waals surface area contributed by atoms with Crippen molar-refractivity contribution in [3.05, 3.63) is 0 Å². The van der Waals surface area contributed by atoms with Crippen molar-refractivity contribution < 1.29 is 19.4 Å². The van der Waals surface area contributed by atoms with Crippen LogP contribution in [-0.2, 0) is 14.3 Å². The Hall–Kier alpha value is -1.10. The summed E-state index contributed by atoms with van der Waals surface area (Å²) in [6.45, 7) is 2.15. The van der Waals surface area contributed by atoms with Gasteiger partial charge >= 0.3 is 5.97 Å². The van der Waals surface area contributed by atoms with Crippen molar-refractivity contribution in [2.24, 2.45) is 0 Å². The van der Waals surface area contributed by atoms with Crippen LogP contribution in [0.4, 0.5) is 0 Å². The summed E-state index contributed by atoms with van der Waals surface area (Å²) in [6, 6.07) is -0.832. The second kappa shape index (κ2) is 5.70. The number of rotatable bonds is 4. The van der Waals surface area contributed by atoms with Crippen LogP contribution in [-0.4, -0.2) is 35.7 Å². The maximum absolute atomic E-state index is 11.4. The van der Waals surface area contributed by atoms with Crippen molar-refractivity contribution in [3.8, 4) is 0 Å². The van der Waals surface area contributed by atoms with Crippen LogP contribution in [0.2, 0.25) is 0 Å². The molecule has 1 fully saturated rings. The van der Waals surface area contributed by atoms with Crippen LogP contribution in [0.3, 0.4) is 0 Å². The second-order valence-corrected chi connectivity index (χ2v) is 3.82. The third-order valence-corrected chi connectivity index (χ3v) is 2.43. The van der Waals surface area contributed by atoms with Crippen LogP contribution < -0.4 is 5.32 Å². The molecule has 0 bridgehead atoms. The molecule has 0 aliphatic carbocycles. The van der Waals surface area contributed by atoms with E-state index in [1.807, 2.05) is 0 Å². The molecule has 2 N–H and O–H groups in total. The lowest BCUT2D eigenvalue weighted by Crippen LogP contribution is -2.40. The lowest BCUT2D eigenvalue weighted by Gasteiger charge is -2.22. The van der Waals surface area contributed by atoms with Crippen molar-refractivity contribution in [2.75, 3.05) is 6.61 Å². The van der Waals surface area contributed by atoms with E-state index in [1.54, 1.807) is 0 Å². The summed E-state index contributed by atoms with van der Waals surface area (Å²) in [5.41, 5.74) is 0. The number of carboxylic acids is 1. The van der Waals surface area contributed by atoms with Crippen LogP contribution >= 0.6 is 0 Å². The minimum absolute atomic E-state index is 0.0419. The Morgan fingerprint density at radius 2 is 2.27 bits per heavy atom. The van der Waals surface area contributed by atoms with E-state index >= 15 is 0 Å². The Bertz CT molecular complexity index is 236. The first-order chi connectivity index (χ1) is 7.09. The molecule has 0 aromatic heterocycles. The summed E-state index contributed by atoms with van der Waals surface area (Å²) in [5.74, 6) is -1.27. The maximum Gasteiger partial charge on any atom is 0.325 e. The van der Waals surface area contributed by atoms with E-state index in [4.69, 9.17) is 9.84 Å². The highest BCUT2D eigenvalue weighted by atomic mass is 16.5. The van der Waals surface area contributed by atoms with E-state index in [0.717, 1.165) is 19.3 Å². The number of carbonyl (C=O) groups excluding carboxylic acids is 1. The summed E-state index contributed by atoms with van der Waals surface area (Å²) < 4.78 is 5.38. The lowest BCUT2D eigenvalue weighted by molar-refractivity contribution is -0.141. The minimum Gasteiger partial charge on any atom is -0.480 e. The maximum atomic E-state index is 11.4.